The van der Waals surface area contributed by atoms with E-state index in [1.54, 1.807) is 6.92 Å². The first-order valence-electron chi connectivity index (χ1n) is 4.56. The number of carboxylic acids is 1. The number of amides is 1. The summed E-state index contributed by atoms with van der Waals surface area (Å²) in [5.74, 6) is -2.35. The standard InChI is InChI=1S/C9H17NO3/c1-4-6(3)10-8(11)7(5-2)9(12)13/h6-7H,4-5H2,1-3H3,(H,10,11)(H,12,13). The number of hydrogen-bond donors (Lipinski definition) is 2. The summed E-state index contributed by atoms with van der Waals surface area (Å²) in [6.45, 7) is 5.48. The molecule has 4 heteroatoms. The summed E-state index contributed by atoms with van der Waals surface area (Å²) in [5.41, 5.74) is 0. The van der Waals surface area contributed by atoms with Gasteiger partial charge in [-0.25, -0.2) is 0 Å². The van der Waals surface area contributed by atoms with Gasteiger partial charge in [0.05, 0.1) is 0 Å². The molecule has 2 unspecified atom stereocenters. The maximum atomic E-state index is 11.3. The lowest BCUT2D eigenvalue weighted by Gasteiger charge is -2.14. The Bertz CT molecular complexity index is 191. The van der Waals surface area contributed by atoms with E-state index in [1.165, 1.54) is 0 Å². The van der Waals surface area contributed by atoms with Crippen molar-refractivity contribution in [2.75, 3.05) is 0 Å². The Balaban J connectivity index is 4.14. The van der Waals surface area contributed by atoms with Crippen molar-refractivity contribution < 1.29 is 14.7 Å². The lowest BCUT2D eigenvalue weighted by Crippen LogP contribution is -2.39. The van der Waals surface area contributed by atoms with Gasteiger partial charge < -0.3 is 10.4 Å². The van der Waals surface area contributed by atoms with Crippen molar-refractivity contribution in [1.82, 2.24) is 5.32 Å². The first kappa shape index (κ1) is 11.9. The molecule has 0 radical (unpaired) electrons. The molecule has 0 fully saturated rings. The van der Waals surface area contributed by atoms with Crippen molar-refractivity contribution in [2.24, 2.45) is 5.92 Å². The zero-order chi connectivity index (χ0) is 10.4. The van der Waals surface area contributed by atoms with Gasteiger partial charge in [-0.05, 0) is 19.8 Å². The zero-order valence-corrected chi connectivity index (χ0v) is 8.33. The molecule has 0 aromatic heterocycles. The van der Waals surface area contributed by atoms with Crippen LogP contribution in [0.1, 0.15) is 33.6 Å². The molecular formula is C9H17NO3. The summed E-state index contributed by atoms with van der Waals surface area (Å²) in [6, 6.07) is 0.0425. The lowest BCUT2D eigenvalue weighted by molar-refractivity contribution is -0.147. The number of carboxylic acid groups (broad SMARTS) is 1. The van der Waals surface area contributed by atoms with Crippen LogP contribution in [0.5, 0.6) is 0 Å². The molecule has 0 rings (SSSR count). The lowest BCUT2D eigenvalue weighted by atomic mass is 10.1. The molecule has 0 heterocycles. The largest absolute Gasteiger partial charge is 0.481 e. The maximum Gasteiger partial charge on any atom is 0.316 e. The SMILES string of the molecule is CCC(C)NC(=O)C(CC)C(=O)O. The molecule has 1 amide bonds. The number of aliphatic carboxylic acids is 1. The molecule has 2 atom stereocenters. The molecule has 0 bridgehead atoms. The van der Waals surface area contributed by atoms with Gasteiger partial charge in [0.15, 0.2) is 0 Å². The maximum absolute atomic E-state index is 11.3. The van der Waals surface area contributed by atoms with Crippen LogP contribution in [-0.2, 0) is 9.59 Å². The average Bonchev–Trinajstić information content (AvgIpc) is 2.04. The first-order valence-corrected chi connectivity index (χ1v) is 4.56. The molecule has 0 aliphatic rings. The summed E-state index contributed by atoms with van der Waals surface area (Å²) in [4.78, 5) is 21.9. The number of carbonyl (C=O) groups excluding carboxylic acids is 1. The van der Waals surface area contributed by atoms with Gasteiger partial charge >= 0.3 is 5.97 Å². The van der Waals surface area contributed by atoms with Crippen LogP contribution in [0, 0.1) is 5.92 Å². The van der Waals surface area contributed by atoms with Gasteiger partial charge in [0.25, 0.3) is 0 Å². The van der Waals surface area contributed by atoms with Crippen molar-refractivity contribution >= 4 is 11.9 Å². The fourth-order valence-electron chi connectivity index (χ4n) is 0.918. The minimum Gasteiger partial charge on any atom is -0.481 e. The molecule has 0 saturated heterocycles. The molecule has 0 aliphatic heterocycles. The van der Waals surface area contributed by atoms with Crippen LogP contribution in [0.2, 0.25) is 0 Å². The van der Waals surface area contributed by atoms with Gasteiger partial charge in [0, 0.05) is 6.04 Å². The number of nitrogens with one attached hydrogen (secondary N) is 1. The van der Waals surface area contributed by atoms with Gasteiger partial charge in [-0.3, -0.25) is 9.59 Å². The third-order valence-electron chi connectivity index (χ3n) is 2.02. The minimum absolute atomic E-state index is 0.0425. The van der Waals surface area contributed by atoms with Crippen molar-refractivity contribution in [1.29, 1.82) is 0 Å². The molecular weight excluding hydrogens is 170 g/mol. The monoisotopic (exact) mass is 187 g/mol. The Morgan fingerprint density at radius 2 is 1.85 bits per heavy atom. The molecule has 0 spiro atoms. The Morgan fingerprint density at radius 1 is 1.31 bits per heavy atom. The number of hydrogen-bond acceptors (Lipinski definition) is 2. The van der Waals surface area contributed by atoms with Crippen LogP contribution >= 0.6 is 0 Å². The highest BCUT2D eigenvalue weighted by Gasteiger charge is 2.24. The first-order chi connectivity index (χ1) is 6.02. The second kappa shape index (κ2) is 5.56. The average molecular weight is 187 g/mol. The van der Waals surface area contributed by atoms with E-state index in [4.69, 9.17) is 5.11 Å². The van der Waals surface area contributed by atoms with Crippen LogP contribution in [-0.4, -0.2) is 23.0 Å². The fourth-order valence-corrected chi connectivity index (χ4v) is 0.918. The van der Waals surface area contributed by atoms with Crippen LogP contribution < -0.4 is 5.32 Å². The highest BCUT2D eigenvalue weighted by Crippen LogP contribution is 2.03. The molecule has 2 N–H and O–H groups in total. The van der Waals surface area contributed by atoms with E-state index < -0.39 is 11.9 Å². The van der Waals surface area contributed by atoms with Gasteiger partial charge in [-0.15, -0.1) is 0 Å². The molecule has 0 aromatic rings. The molecule has 0 aromatic carbocycles. The predicted molar refractivity (Wildman–Crippen MR) is 49.3 cm³/mol. The quantitative estimate of drug-likeness (QED) is 0.631. The Hall–Kier alpha value is -1.06. The van der Waals surface area contributed by atoms with E-state index in [0.29, 0.717) is 6.42 Å². The van der Waals surface area contributed by atoms with Crippen molar-refractivity contribution in [3.05, 3.63) is 0 Å². The summed E-state index contributed by atoms with van der Waals surface area (Å²) in [7, 11) is 0. The third-order valence-corrected chi connectivity index (χ3v) is 2.02. The van der Waals surface area contributed by atoms with E-state index in [9.17, 15) is 9.59 Å². The van der Waals surface area contributed by atoms with Crippen molar-refractivity contribution in [2.45, 2.75) is 39.7 Å². The Labute approximate surface area is 78.3 Å². The van der Waals surface area contributed by atoms with Crippen LogP contribution in [0.3, 0.4) is 0 Å². The van der Waals surface area contributed by atoms with Crippen molar-refractivity contribution in [3.63, 3.8) is 0 Å². The molecule has 76 valence electrons. The topological polar surface area (TPSA) is 66.4 Å². The fraction of sp³-hybridized carbons (Fsp3) is 0.778. The van der Waals surface area contributed by atoms with Crippen LogP contribution in [0.4, 0.5) is 0 Å². The van der Waals surface area contributed by atoms with Gasteiger partial charge in [-0.1, -0.05) is 13.8 Å². The molecule has 4 nitrogen and oxygen atoms in total. The van der Waals surface area contributed by atoms with E-state index >= 15 is 0 Å². The van der Waals surface area contributed by atoms with Gasteiger partial charge in [0.2, 0.25) is 5.91 Å². The second-order valence-electron chi connectivity index (χ2n) is 3.12. The predicted octanol–water partition coefficient (Wildman–Crippen LogP) is 1.01. The summed E-state index contributed by atoms with van der Waals surface area (Å²) in [6.07, 6.45) is 1.14. The Kier molecular flexibility index (Phi) is 5.11. The number of carbonyl (C=O) groups is 2. The Morgan fingerprint density at radius 3 is 2.15 bits per heavy atom. The van der Waals surface area contributed by atoms with E-state index in [0.717, 1.165) is 6.42 Å². The van der Waals surface area contributed by atoms with Crippen LogP contribution in [0.15, 0.2) is 0 Å². The third kappa shape index (κ3) is 3.92. The van der Waals surface area contributed by atoms with E-state index in [1.807, 2.05) is 13.8 Å². The minimum atomic E-state index is -1.05. The zero-order valence-electron chi connectivity index (χ0n) is 8.33. The summed E-state index contributed by atoms with van der Waals surface area (Å²) in [5, 5.41) is 11.3. The smallest absolute Gasteiger partial charge is 0.316 e. The van der Waals surface area contributed by atoms with Gasteiger partial charge in [-0.2, -0.15) is 0 Å². The van der Waals surface area contributed by atoms with Crippen molar-refractivity contribution in [3.8, 4) is 0 Å². The molecule has 0 saturated carbocycles. The van der Waals surface area contributed by atoms with Crippen LogP contribution in [0.25, 0.3) is 0 Å². The number of rotatable bonds is 5. The highest BCUT2D eigenvalue weighted by atomic mass is 16.4. The van der Waals surface area contributed by atoms with Gasteiger partial charge in [0.1, 0.15) is 5.92 Å². The normalized spacial score (nSPS) is 14.7. The van der Waals surface area contributed by atoms with E-state index in [-0.39, 0.29) is 11.9 Å². The molecule has 13 heavy (non-hydrogen) atoms. The molecule has 0 aliphatic carbocycles. The van der Waals surface area contributed by atoms with E-state index in [2.05, 4.69) is 5.32 Å². The second-order valence-corrected chi connectivity index (χ2v) is 3.12. The summed E-state index contributed by atoms with van der Waals surface area (Å²) >= 11 is 0. The summed E-state index contributed by atoms with van der Waals surface area (Å²) < 4.78 is 0. The highest BCUT2D eigenvalue weighted by molar-refractivity contribution is 5.96.